The van der Waals surface area contributed by atoms with Crippen molar-refractivity contribution in [1.29, 1.82) is 0 Å². The SMILES string of the molecule is CCCOc1nc(Nc2cn(C)nc2C)ccc1N. The second-order valence-corrected chi connectivity index (χ2v) is 4.37. The Labute approximate surface area is 112 Å². The highest BCUT2D eigenvalue weighted by molar-refractivity contribution is 5.61. The number of aromatic nitrogens is 3. The van der Waals surface area contributed by atoms with Gasteiger partial charge in [-0.25, -0.2) is 0 Å². The molecule has 2 rings (SSSR count). The van der Waals surface area contributed by atoms with Crippen LogP contribution in [-0.4, -0.2) is 21.4 Å². The maximum atomic E-state index is 5.83. The molecule has 0 spiro atoms. The molecule has 0 aliphatic carbocycles. The zero-order chi connectivity index (χ0) is 13.8. The van der Waals surface area contributed by atoms with Crippen molar-refractivity contribution in [3.05, 3.63) is 24.0 Å². The van der Waals surface area contributed by atoms with Gasteiger partial charge in [-0.1, -0.05) is 6.92 Å². The lowest BCUT2D eigenvalue weighted by Gasteiger charge is -2.09. The topological polar surface area (TPSA) is 78.0 Å². The number of hydrogen-bond acceptors (Lipinski definition) is 5. The molecule has 0 fully saturated rings. The van der Waals surface area contributed by atoms with Gasteiger partial charge in [-0.2, -0.15) is 10.1 Å². The highest BCUT2D eigenvalue weighted by atomic mass is 16.5. The molecule has 3 N–H and O–H groups in total. The molecule has 102 valence electrons. The number of pyridine rings is 1. The second-order valence-electron chi connectivity index (χ2n) is 4.37. The van der Waals surface area contributed by atoms with Crippen LogP contribution in [0.15, 0.2) is 18.3 Å². The minimum Gasteiger partial charge on any atom is -0.476 e. The Morgan fingerprint density at radius 3 is 2.84 bits per heavy atom. The molecule has 0 amide bonds. The first-order valence-corrected chi connectivity index (χ1v) is 6.26. The molecule has 0 aromatic carbocycles. The van der Waals surface area contributed by atoms with Crippen molar-refractivity contribution in [3.8, 4) is 5.88 Å². The first-order chi connectivity index (χ1) is 9.10. The Hall–Kier alpha value is -2.24. The molecule has 0 aliphatic heterocycles. The van der Waals surface area contributed by atoms with Gasteiger partial charge in [0.15, 0.2) is 0 Å². The molecule has 0 unspecified atom stereocenters. The number of nitrogens with zero attached hydrogens (tertiary/aromatic N) is 3. The average molecular weight is 261 g/mol. The van der Waals surface area contributed by atoms with Crippen LogP contribution in [0.25, 0.3) is 0 Å². The minimum atomic E-state index is 0.466. The lowest BCUT2D eigenvalue weighted by atomic mass is 10.3. The average Bonchev–Trinajstić information content (AvgIpc) is 2.68. The van der Waals surface area contributed by atoms with E-state index in [2.05, 4.69) is 15.4 Å². The quantitative estimate of drug-likeness (QED) is 0.863. The molecule has 19 heavy (non-hydrogen) atoms. The number of anilines is 3. The van der Waals surface area contributed by atoms with Crippen LogP contribution >= 0.6 is 0 Å². The maximum Gasteiger partial charge on any atom is 0.239 e. The molecule has 0 radical (unpaired) electrons. The first kappa shape index (κ1) is 13.2. The number of nitrogens with one attached hydrogen (secondary N) is 1. The standard InChI is InChI=1S/C13H19N5O/c1-4-7-19-13-10(14)5-6-12(16-13)15-11-8-18(3)17-9(11)2/h5-6,8H,4,7,14H2,1-3H3,(H,15,16). The van der Waals surface area contributed by atoms with Crippen molar-refractivity contribution in [3.63, 3.8) is 0 Å². The van der Waals surface area contributed by atoms with E-state index in [1.54, 1.807) is 10.7 Å². The monoisotopic (exact) mass is 261 g/mol. The number of ether oxygens (including phenoxy) is 1. The normalized spacial score (nSPS) is 10.5. The molecule has 2 aromatic rings. The highest BCUT2D eigenvalue weighted by Gasteiger charge is 2.07. The molecule has 6 nitrogen and oxygen atoms in total. The van der Waals surface area contributed by atoms with Crippen LogP contribution in [0, 0.1) is 6.92 Å². The summed E-state index contributed by atoms with van der Waals surface area (Å²) in [5.41, 5.74) is 8.20. The molecular formula is C13H19N5O. The van der Waals surface area contributed by atoms with Gasteiger partial charge >= 0.3 is 0 Å². The number of nitrogen functional groups attached to an aromatic ring is 1. The van der Waals surface area contributed by atoms with Gasteiger partial charge in [-0.3, -0.25) is 4.68 Å². The lowest BCUT2D eigenvalue weighted by molar-refractivity contribution is 0.307. The molecule has 2 heterocycles. The van der Waals surface area contributed by atoms with E-state index in [1.165, 1.54) is 0 Å². The van der Waals surface area contributed by atoms with Gasteiger partial charge in [-0.15, -0.1) is 0 Å². The van der Waals surface area contributed by atoms with Crippen LogP contribution < -0.4 is 15.8 Å². The third-order valence-electron chi connectivity index (χ3n) is 2.61. The number of nitrogens with two attached hydrogens (primary N) is 1. The Bertz CT molecular complexity index is 564. The van der Waals surface area contributed by atoms with Crippen molar-refractivity contribution in [2.75, 3.05) is 17.7 Å². The summed E-state index contributed by atoms with van der Waals surface area (Å²) >= 11 is 0. The second kappa shape index (κ2) is 5.60. The van der Waals surface area contributed by atoms with Crippen molar-refractivity contribution in [2.24, 2.45) is 7.05 Å². The van der Waals surface area contributed by atoms with Crippen molar-refractivity contribution < 1.29 is 4.74 Å². The van der Waals surface area contributed by atoms with E-state index < -0.39 is 0 Å². The van der Waals surface area contributed by atoms with Crippen LogP contribution in [0.3, 0.4) is 0 Å². The minimum absolute atomic E-state index is 0.466. The molecule has 0 aliphatic rings. The predicted molar refractivity (Wildman–Crippen MR) is 75.7 cm³/mol. The van der Waals surface area contributed by atoms with E-state index >= 15 is 0 Å². The van der Waals surface area contributed by atoms with Gasteiger partial charge in [-0.05, 0) is 25.5 Å². The smallest absolute Gasteiger partial charge is 0.239 e. The van der Waals surface area contributed by atoms with Crippen molar-refractivity contribution in [2.45, 2.75) is 20.3 Å². The molecule has 6 heteroatoms. The summed E-state index contributed by atoms with van der Waals surface area (Å²) in [7, 11) is 1.88. The van der Waals surface area contributed by atoms with Gasteiger partial charge in [0.1, 0.15) is 5.82 Å². The summed E-state index contributed by atoms with van der Waals surface area (Å²) in [5.74, 6) is 1.16. The Morgan fingerprint density at radius 2 is 2.21 bits per heavy atom. The van der Waals surface area contributed by atoms with Gasteiger partial charge in [0.2, 0.25) is 5.88 Å². The summed E-state index contributed by atoms with van der Waals surface area (Å²) < 4.78 is 7.26. The molecule has 2 aromatic heterocycles. The molecule has 0 saturated heterocycles. The predicted octanol–water partition coefficient (Wildman–Crippen LogP) is 2.24. The van der Waals surface area contributed by atoms with Gasteiger partial charge < -0.3 is 15.8 Å². The van der Waals surface area contributed by atoms with E-state index in [9.17, 15) is 0 Å². The molecular weight excluding hydrogens is 242 g/mol. The molecule has 0 atom stereocenters. The summed E-state index contributed by atoms with van der Waals surface area (Å²) in [5, 5.41) is 7.47. The maximum absolute atomic E-state index is 5.83. The Balaban J connectivity index is 2.18. The summed E-state index contributed by atoms with van der Waals surface area (Å²) in [6.45, 7) is 4.58. The molecule has 0 bridgehead atoms. The van der Waals surface area contributed by atoms with Gasteiger partial charge in [0, 0.05) is 13.2 Å². The largest absolute Gasteiger partial charge is 0.476 e. The van der Waals surface area contributed by atoms with E-state index in [1.807, 2.05) is 33.2 Å². The number of aryl methyl sites for hydroxylation is 2. The van der Waals surface area contributed by atoms with E-state index in [0.717, 1.165) is 17.8 Å². The van der Waals surface area contributed by atoms with Gasteiger partial charge in [0.05, 0.1) is 23.7 Å². The fraction of sp³-hybridized carbons (Fsp3) is 0.385. The van der Waals surface area contributed by atoms with E-state index in [4.69, 9.17) is 10.5 Å². The van der Waals surface area contributed by atoms with Crippen LogP contribution in [0.1, 0.15) is 19.0 Å². The zero-order valence-electron chi connectivity index (χ0n) is 11.5. The Morgan fingerprint density at radius 1 is 1.42 bits per heavy atom. The first-order valence-electron chi connectivity index (χ1n) is 6.26. The summed E-state index contributed by atoms with van der Waals surface area (Å²) in [6, 6.07) is 3.60. The third kappa shape index (κ3) is 3.15. The van der Waals surface area contributed by atoms with Gasteiger partial charge in [0.25, 0.3) is 0 Å². The number of rotatable bonds is 5. The number of hydrogen-bond donors (Lipinski definition) is 2. The van der Waals surface area contributed by atoms with E-state index in [-0.39, 0.29) is 0 Å². The van der Waals surface area contributed by atoms with Crippen LogP contribution in [-0.2, 0) is 7.05 Å². The third-order valence-corrected chi connectivity index (χ3v) is 2.61. The molecule has 0 saturated carbocycles. The fourth-order valence-electron chi connectivity index (χ4n) is 1.70. The fourth-order valence-corrected chi connectivity index (χ4v) is 1.70. The van der Waals surface area contributed by atoms with Crippen molar-refractivity contribution in [1.82, 2.24) is 14.8 Å². The van der Waals surface area contributed by atoms with Crippen LogP contribution in [0.4, 0.5) is 17.2 Å². The van der Waals surface area contributed by atoms with Crippen LogP contribution in [0.2, 0.25) is 0 Å². The Kier molecular flexibility index (Phi) is 3.89. The highest BCUT2D eigenvalue weighted by Crippen LogP contribution is 2.24. The lowest BCUT2D eigenvalue weighted by Crippen LogP contribution is -2.03. The summed E-state index contributed by atoms with van der Waals surface area (Å²) in [6.07, 6.45) is 2.82. The zero-order valence-corrected chi connectivity index (χ0v) is 11.5. The summed E-state index contributed by atoms with van der Waals surface area (Å²) in [4.78, 5) is 4.36. The van der Waals surface area contributed by atoms with Crippen LogP contribution in [0.5, 0.6) is 5.88 Å². The van der Waals surface area contributed by atoms with E-state index in [0.29, 0.717) is 24.0 Å². The van der Waals surface area contributed by atoms with Crippen molar-refractivity contribution >= 4 is 17.2 Å².